The molecule has 184 valence electrons. The summed E-state index contributed by atoms with van der Waals surface area (Å²) in [4.78, 5) is 35.8. The number of anilines is 3. The quantitative estimate of drug-likeness (QED) is 0.364. The molecule has 3 aromatic carbocycles. The van der Waals surface area contributed by atoms with Gasteiger partial charge in [0.2, 0.25) is 0 Å². The molecule has 0 unspecified atom stereocenters. The van der Waals surface area contributed by atoms with Crippen LogP contribution < -0.4 is 15.5 Å². The van der Waals surface area contributed by atoms with Crippen LogP contribution in [-0.2, 0) is 16.1 Å². The molecule has 0 radical (unpaired) electrons. The Labute approximate surface area is 208 Å². The highest BCUT2D eigenvalue weighted by atomic mass is 16.5. The van der Waals surface area contributed by atoms with Gasteiger partial charge in [-0.15, -0.1) is 0 Å². The molecule has 0 aliphatic carbocycles. The average Bonchev–Trinajstić information content (AvgIpc) is 3.40. The molecule has 1 aliphatic heterocycles. The number of methoxy groups -OCH3 is 1. The lowest BCUT2D eigenvalue weighted by molar-refractivity contribution is 0.101. The standard InChI is InChI=1S/C27H27N5O4/c1-35-16-19-15-18(26(33)30-21-5-2-3-8-24(21)32-11-13-36-14-12-32)9-10-20(19)27(34)31-23-7-4-6-22-25(23)29-17-28-22/h2-10,15,17H,11-14,16H2,1H3,(H,28,29)(H,30,33)(H,31,34). The average molecular weight is 486 g/mol. The Balaban J connectivity index is 1.37. The number of benzene rings is 3. The van der Waals surface area contributed by atoms with E-state index in [4.69, 9.17) is 9.47 Å². The molecule has 36 heavy (non-hydrogen) atoms. The monoisotopic (exact) mass is 485 g/mol. The molecule has 9 nitrogen and oxygen atoms in total. The molecule has 0 spiro atoms. The third-order valence-electron chi connectivity index (χ3n) is 6.11. The lowest BCUT2D eigenvalue weighted by Crippen LogP contribution is -2.36. The molecule has 1 fully saturated rings. The molecule has 5 rings (SSSR count). The van der Waals surface area contributed by atoms with Crippen molar-refractivity contribution in [3.63, 3.8) is 0 Å². The van der Waals surface area contributed by atoms with E-state index in [1.54, 1.807) is 37.7 Å². The van der Waals surface area contributed by atoms with Crippen molar-refractivity contribution < 1.29 is 19.1 Å². The number of H-pyrrole nitrogens is 1. The van der Waals surface area contributed by atoms with Gasteiger partial charge in [0.15, 0.2) is 0 Å². The molecule has 1 saturated heterocycles. The third-order valence-corrected chi connectivity index (χ3v) is 6.11. The summed E-state index contributed by atoms with van der Waals surface area (Å²) in [5.41, 5.74) is 5.26. The van der Waals surface area contributed by atoms with Crippen LogP contribution in [-0.4, -0.2) is 55.2 Å². The normalized spacial score (nSPS) is 13.5. The minimum atomic E-state index is -0.304. The van der Waals surface area contributed by atoms with Gasteiger partial charge in [0.25, 0.3) is 11.8 Å². The Kier molecular flexibility index (Phi) is 6.92. The first-order chi connectivity index (χ1) is 17.6. The van der Waals surface area contributed by atoms with Crippen molar-refractivity contribution in [2.45, 2.75) is 6.61 Å². The lowest BCUT2D eigenvalue weighted by Gasteiger charge is -2.30. The predicted molar refractivity (Wildman–Crippen MR) is 139 cm³/mol. The second-order valence-electron chi connectivity index (χ2n) is 8.43. The van der Waals surface area contributed by atoms with Crippen molar-refractivity contribution in [2.75, 3.05) is 48.9 Å². The number of carbonyl (C=O) groups is 2. The van der Waals surface area contributed by atoms with Crippen molar-refractivity contribution in [3.05, 3.63) is 83.7 Å². The highest BCUT2D eigenvalue weighted by molar-refractivity contribution is 6.10. The van der Waals surface area contributed by atoms with Gasteiger partial charge in [0, 0.05) is 31.3 Å². The summed E-state index contributed by atoms with van der Waals surface area (Å²) in [6.45, 7) is 3.02. The second kappa shape index (κ2) is 10.6. The number of amides is 2. The van der Waals surface area contributed by atoms with Gasteiger partial charge < -0.3 is 30.0 Å². The maximum atomic E-state index is 13.2. The fourth-order valence-corrected chi connectivity index (χ4v) is 4.34. The van der Waals surface area contributed by atoms with Gasteiger partial charge in [0.05, 0.1) is 48.7 Å². The number of hydrogen-bond donors (Lipinski definition) is 3. The largest absolute Gasteiger partial charge is 0.380 e. The molecule has 0 atom stereocenters. The number of imidazole rings is 1. The van der Waals surface area contributed by atoms with Crippen molar-refractivity contribution in [3.8, 4) is 0 Å². The number of aromatic amines is 1. The van der Waals surface area contributed by atoms with E-state index < -0.39 is 0 Å². The Morgan fingerprint density at radius 2 is 1.78 bits per heavy atom. The number of carbonyl (C=O) groups excluding carboxylic acids is 2. The van der Waals surface area contributed by atoms with Gasteiger partial charge in [-0.25, -0.2) is 4.98 Å². The molecule has 0 bridgehead atoms. The Hall–Kier alpha value is -4.21. The van der Waals surface area contributed by atoms with E-state index in [1.807, 2.05) is 36.4 Å². The number of morpholine rings is 1. The van der Waals surface area contributed by atoms with Crippen molar-refractivity contribution in [2.24, 2.45) is 0 Å². The molecule has 4 aromatic rings. The van der Waals surface area contributed by atoms with Gasteiger partial charge in [-0.3, -0.25) is 9.59 Å². The molecule has 2 heterocycles. The molecule has 3 N–H and O–H groups in total. The van der Waals surface area contributed by atoms with Crippen molar-refractivity contribution in [1.29, 1.82) is 0 Å². The van der Waals surface area contributed by atoms with Gasteiger partial charge in [-0.05, 0) is 48.0 Å². The maximum Gasteiger partial charge on any atom is 0.256 e. The maximum absolute atomic E-state index is 13.2. The van der Waals surface area contributed by atoms with E-state index >= 15 is 0 Å². The fourth-order valence-electron chi connectivity index (χ4n) is 4.34. The number of hydrogen-bond acceptors (Lipinski definition) is 6. The molecule has 2 amide bonds. The zero-order valence-electron chi connectivity index (χ0n) is 19.9. The third kappa shape index (κ3) is 4.93. The highest BCUT2D eigenvalue weighted by Gasteiger charge is 2.19. The number of rotatable bonds is 7. The van der Waals surface area contributed by atoms with Crippen LogP contribution in [0.25, 0.3) is 11.0 Å². The fraction of sp³-hybridized carbons (Fsp3) is 0.222. The van der Waals surface area contributed by atoms with Gasteiger partial charge in [-0.1, -0.05) is 18.2 Å². The topological polar surface area (TPSA) is 109 Å². The zero-order chi connectivity index (χ0) is 24.9. The first-order valence-electron chi connectivity index (χ1n) is 11.7. The summed E-state index contributed by atoms with van der Waals surface area (Å²) in [5, 5.41) is 5.95. The van der Waals surface area contributed by atoms with Crippen LogP contribution in [0.3, 0.4) is 0 Å². The van der Waals surface area contributed by atoms with E-state index in [0.717, 1.165) is 30.0 Å². The summed E-state index contributed by atoms with van der Waals surface area (Å²) in [6.07, 6.45) is 1.58. The van der Waals surface area contributed by atoms with Crippen LogP contribution in [0.2, 0.25) is 0 Å². The Morgan fingerprint density at radius 3 is 2.61 bits per heavy atom. The summed E-state index contributed by atoms with van der Waals surface area (Å²) >= 11 is 0. The summed E-state index contributed by atoms with van der Waals surface area (Å²) < 4.78 is 10.8. The van der Waals surface area contributed by atoms with Gasteiger partial charge in [0.1, 0.15) is 5.52 Å². The summed E-state index contributed by atoms with van der Waals surface area (Å²) in [5.74, 6) is -0.566. The number of para-hydroxylation sites is 3. The summed E-state index contributed by atoms with van der Waals surface area (Å²) in [6, 6.07) is 18.2. The predicted octanol–water partition coefficient (Wildman–Crippen LogP) is 4.05. The Bertz CT molecular complexity index is 1390. The first-order valence-corrected chi connectivity index (χ1v) is 11.7. The first kappa shape index (κ1) is 23.5. The molecule has 1 aromatic heterocycles. The van der Waals surface area contributed by atoms with Crippen LogP contribution in [0.5, 0.6) is 0 Å². The van der Waals surface area contributed by atoms with Gasteiger partial charge in [-0.2, -0.15) is 0 Å². The van der Waals surface area contributed by atoms with Crippen molar-refractivity contribution >= 4 is 39.9 Å². The number of nitrogens with zero attached hydrogens (tertiary/aromatic N) is 2. The number of ether oxygens (including phenoxy) is 2. The Morgan fingerprint density at radius 1 is 1.00 bits per heavy atom. The highest BCUT2D eigenvalue weighted by Crippen LogP contribution is 2.27. The number of aromatic nitrogens is 2. The minimum absolute atomic E-state index is 0.181. The minimum Gasteiger partial charge on any atom is -0.380 e. The van der Waals surface area contributed by atoms with Crippen LogP contribution >= 0.6 is 0 Å². The molecule has 9 heteroatoms. The van der Waals surface area contributed by atoms with E-state index in [0.29, 0.717) is 41.1 Å². The molecular weight excluding hydrogens is 458 g/mol. The van der Waals surface area contributed by atoms with Gasteiger partial charge >= 0.3 is 0 Å². The molecule has 1 aliphatic rings. The summed E-state index contributed by atoms with van der Waals surface area (Å²) in [7, 11) is 1.55. The lowest BCUT2D eigenvalue weighted by atomic mass is 10.0. The number of fused-ring (bicyclic) bond motifs is 1. The second-order valence-corrected chi connectivity index (χ2v) is 8.43. The number of nitrogens with one attached hydrogen (secondary N) is 3. The van der Waals surface area contributed by atoms with Crippen LogP contribution in [0.15, 0.2) is 67.0 Å². The van der Waals surface area contributed by atoms with E-state index in [9.17, 15) is 9.59 Å². The molecular formula is C27H27N5O4. The van der Waals surface area contributed by atoms with Crippen LogP contribution in [0.1, 0.15) is 26.3 Å². The zero-order valence-corrected chi connectivity index (χ0v) is 19.9. The van der Waals surface area contributed by atoms with E-state index in [2.05, 4.69) is 25.5 Å². The van der Waals surface area contributed by atoms with E-state index in [1.165, 1.54) is 0 Å². The molecule has 0 saturated carbocycles. The van der Waals surface area contributed by atoms with Crippen LogP contribution in [0, 0.1) is 0 Å². The SMILES string of the molecule is COCc1cc(C(=O)Nc2ccccc2N2CCOCC2)ccc1C(=O)Nc1cccc2[nH]cnc12. The van der Waals surface area contributed by atoms with E-state index in [-0.39, 0.29) is 18.4 Å². The van der Waals surface area contributed by atoms with Crippen LogP contribution in [0.4, 0.5) is 17.1 Å². The smallest absolute Gasteiger partial charge is 0.256 e. The van der Waals surface area contributed by atoms with Crippen molar-refractivity contribution in [1.82, 2.24) is 9.97 Å².